The fourth-order valence-electron chi connectivity index (χ4n) is 3.27. The number of benzene rings is 1. The molecule has 1 saturated carbocycles. The number of rotatable bonds is 7. The van der Waals surface area contributed by atoms with Crippen LogP contribution in [-0.4, -0.2) is 35.2 Å². The number of amides is 1. The van der Waals surface area contributed by atoms with E-state index in [1.165, 1.54) is 0 Å². The van der Waals surface area contributed by atoms with Crippen molar-refractivity contribution in [3.63, 3.8) is 0 Å². The van der Waals surface area contributed by atoms with Crippen LogP contribution in [0.5, 0.6) is 0 Å². The molecule has 7 nitrogen and oxygen atoms in total. The number of nitrogens with zero attached hydrogens (tertiary/aromatic N) is 3. The Morgan fingerprint density at radius 1 is 1.28 bits per heavy atom. The summed E-state index contributed by atoms with van der Waals surface area (Å²) in [5, 5.41) is 3.12. The number of pyridine rings is 1. The number of hydrogen-bond donors (Lipinski definition) is 2. The summed E-state index contributed by atoms with van der Waals surface area (Å²) in [6.45, 7) is 8.82. The number of aliphatic imine (C=N–C) groups is 1. The van der Waals surface area contributed by atoms with E-state index in [2.05, 4.69) is 21.4 Å². The normalized spacial score (nSPS) is 13.8. The van der Waals surface area contributed by atoms with Crippen LogP contribution in [-0.2, 0) is 17.7 Å². The van der Waals surface area contributed by atoms with Crippen LogP contribution in [0.25, 0.3) is 0 Å². The molecule has 0 atom stereocenters. The van der Waals surface area contributed by atoms with E-state index in [-0.39, 0.29) is 36.1 Å². The lowest BCUT2D eigenvalue weighted by molar-refractivity contribution is 0.0577. The minimum atomic E-state index is -0.520. The summed E-state index contributed by atoms with van der Waals surface area (Å²) in [5.74, 6) is 0.408. The molecule has 1 aromatic carbocycles. The fraction of sp³-hybridized carbons (Fsp3) is 0.458. The molecule has 1 aliphatic carbocycles. The number of nitrogens with two attached hydrogens (primary N) is 1. The van der Waals surface area contributed by atoms with Gasteiger partial charge in [0.1, 0.15) is 5.60 Å². The maximum absolute atomic E-state index is 12.7. The number of ether oxygens (including phenoxy) is 1. The van der Waals surface area contributed by atoms with E-state index in [4.69, 9.17) is 10.5 Å². The van der Waals surface area contributed by atoms with Crippen molar-refractivity contribution >= 4 is 41.7 Å². The van der Waals surface area contributed by atoms with Crippen LogP contribution in [0.15, 0.2) is 47.6 Å². The average molecular weight is 551 g/mol. The van der Waals surface area contributed by atoms with Gasteiger partial charge in [-0.25, -0.2) is 9.79 Å². The quantitative estimate of drug-likeness (QED) is 0.299. The molecule has 174 valence electrons. The molecule has 1 aromatic heterocycles. The lowest BCUT2D eigenvalue weighted by Gasteiger charge is -2.28. The molecular weight excluding hydrogens is 517 g/mol. The predicted molar refractivity (Wildman–Crippen MR) is 140 cm³/mol. The first-order valence-corrected chi connectivity index (χ1v) is 10.8. The number of guanidine groups is 1. The Hall–Kier alpha value is -2.36. The molecule has 0 bridgehead atoms. The van der Waals surface area contributed by atoms with Gasteiger partial charge in [0.2, 0.25) is 0 Å². The van der Waals surface area contributed by atoms with E-state index >= 15 is 0 Å². The number of aromatic nitrogens is 1. The van der Waals surface area contributed by atoms with Gasteiger partial charge in [-0.05, 0) is 69.9 Å². The third-order valence-corrected chi connectivity index (χ3v) is 4.87. The SMILES string of the molecule is Cc1cc(CN=C(N)NCCc2ccccn2)ccc1N(C(=O)OC(C)(C)C)C1CC1.I. The molecular formula is C24H34IN5O2. The molecule has 0 spiro atoms. The first kappa shape index (κ1) is 25.9. The highest BCUT2D eigenvalue weighted by molar-refractivity contribution is 14.0. The first-order chi connectivity index (χ1) is 14.7. The van der Waals surface area contributed by atoms with Crippen molar-refractivity contribution in [2.24, 2.45) is 10.7 Å². The van der Waals surface area contributed by atoms with Crippen LogP contribution in [0.4, 0.5) is 10.5 Å². The molecule has 8 heteroatoms. The highest BCUT2D eigenvalue weighted by Gasteiger charge is 2.37. The van der Waals surface area contributed by atoms with E-state index < -0.39 is 5.60 Å². The molecule has 3 N–H and O–H groups in total. The Balaban J connectivity index is 0.00000363. The van der Waals surface area contributed by atoms with Gasteiger partial charge in [-0.1, -0.05) is 18.2 Å². The summed E-state index contributed by atoms with van der Waals surface area (Å²) in [4.78, 5) is 23.3. The van der Waals surface area contributed by atoms with Gasteiger partial charge in [-0.3, -0.25) is 9.88 Å². The molecule has 0 radical (unpaired) electrons. The molecule has 1 aliphatic rings. The van der Waals surface area contributed by atoms with Crippen molar-refractivity contribution in [3.8, 4) is 0 Å². The Kier molecular flexibility index (Phi) is 9.30. The van der Waals surface area contributed by atoms with Crippen LogP contribution in [0.2, 0.25) is 0 Å². The van der Waals surface area contributed by atoms with Crippen molar-refractivity contribution in [2.75, 3.05) is 11.4 Å². The lowest BCUT2D eigenvalue weighted by Crippen LogP contribution is -2.38. The van der Waals surface area contributed by atoms with Gasteiger partial charge in [0.05, 0.1) is 12.2 Å². The monoisotopic (exact) mass is 551 g/mol. The van der Waals surface area contributed by atoms with E-state index in [0.29, 0.717) is 19.0 Å². The third kappa shape index (κ3) is 7.96. The standard InChI is InChI=1S/C24H33N5O2.HI/c1-17-15-18(16-28-22(25)27-14-12-19-7-5-6-13-26-19)8-11-21(17)29(20-9-10-20)23(30)31-24(2,3)4;/h5-8,11,13,15,20H,9-10,12,14,16H2,1-4H3,(H3,25,27,28);1H. The lowest BCUT2D eigenvalue weighted by atomic mass is 10.1. The third-order valence-electron chi connectivity index (χ3n) is 4.87. The van der Waals surface area contributed by atoms with Crippen LogP contribution in [0.3, 0.4) is 0 Å². The van der Waals surface area contributed by atoms with Gasteiger partial charge in [0.25, 0.3) is 0 Å². The molecule has 0 saturated heterocycles. The molecule has 1 amide bonds. The zero-order valence-corrected chi connectivity index (χ0v) is 21.6. The fourth-order valence-corrected chi connectivity index (χ4v) is 3.27. The number of nitrogens with one attached hydrogen (secondary N) is 1. The van der Waals surface area contributed by atoms with Crippen molar-refractivity contribution in [3.05, 3.63) is 59.4 Å². The molecule has 3 rings (SSSR count). The van der Waals surface area contributed by atoms with E-state index in [1.54, 1.807) is 11.1 Å². The topological polar surface area (TPSA) is 92.8 Å². The van der Waals surface area contributed by atoms with Gasteiger partial charge in [0, 0.05) is 30.9 Å². The molecule has 2 aromatic rings. The summed E-state index contributed by atoms with van der Waals surface area (Å²) in [6, 6.07) is 12.1. The molecule has 32 heavy (non-hydrogen) atoms. The van der Waals surface area contributed by atoms with Crippen LogP contribution >= 0.6 is 24.0 Å². The molecule has 1 fully saturated rings. The van der Waals surface area contributed by atoms with Crippen molar-refractivity contribution in [2.45, 2.75) is 65.1 Å². The number of carbonyl (C=O) groups is 1. The number of hydrogen-bond acceptors (Lipinski definition) is 4. The Bertz CT molecular complexity index is 924. The summed E-state index contributed by atoms with van der Waals surface area (Å²) >= 11 is 0. The first-order valence-electron chi connectivity index (χ1n) is 10.8. The molecule has 1 heterocycles. The Labute approximate surface area is 207 Å². The second-order valence-electron chi connectivity index (χ2n) is 8.90. The minimum absolute atomic E-state index is 0. The van der Waals surface area contributed by atoms with Crippen molar-refractivity contribution < 1.29 is 9.53 Å². The summed E-state index contributed by atoms with van der Waals surface area (Å²) in [6.07, 6.45) is 4.29. The maximum Gasteiger partial charge on any atom is 0.415 e. The second kappa shape index (κ2) is 11.5. The number of aryl methyl sites for hydroxylation is 1. The highest BCUT2D eigenvalue weighted by Crippen LogP contribution is 2.35. The average Bonchev–Trinajstić information content (AvgIpc) is 3.52. The minimum Gasteiger partial charge on any atom is -0.443 e. The number of anilines is 1. The van der Waals surface area contributed by atoms with Crippen LogP contribution < -0.4 is 16.0 Å². The summed E-state index contributed by atoms with van der Waals surface area (Å²) in [7, 11) is 0. The number of halogens is 1. The van der Waals surface area contributed by atoms with Gasteiger partial charge in [-0.2, -0.15) is 0 Å². The Morgan fingerprint density at radius 3 is 2.62 bits per heavy atom. The molecule has 0 unspecified atom stereocenters. The van der Waals surface area contributed by atoms with Crippen molar-refractivity contribution in [1.29, 1.82) is 0 Å². The summed E-state index contributed by atoms with van der Waals surface area (Å²) < 4.78 is 5.63. The zero-order valence-electron chi connectivity index (χ0n) is 19.3. The van der Waals surface area contributed by atoms with Gasteiger partial charge in [0.15, 0.2) is 5.96 Å². The summed E-state index contributed by atoms with van der Waals surface area (Å²) in [5.41, 5.74) is 9.44. The predicted octanol–water partition coefficient (Wildman–Crippen LogP) is 4.56. The zero-order chi connectivity index (χ0) is 22.4. The molecule has 0 aliphatic heterocycles. The highest BCUT2D eigenvalue weighted by atomic mass is 127. The Morgan fingerprint density at radius 2 is 2.03 bits per heavy atom. The van der Waals surface area contributed by atoms with Crippen molar-refractivity contribution in [1.82, 2.24) is 10.3 Å². The smallest absolute Gasteiger partial charge is 0.415 e. The van der Waals surface area contributed by atoms with Gasteiger partial charge in [-0.15, -0.1) is 24.0 Å². The largest absolute Gasteiger partial charge is 0.443 e. The van der Waals surface area contributed by atoms with E-state index in [0.717, 1.165) is 41.8 Å². The van der Waals surface area contributed by atoms with Crippen LogP contribution in [0.1, 0.15) is 50.4 Å². The van der Waals surface area contributed by atoms with E-state index in [1.807, 2.05) is 58.0 Å². The van der Waals surface area contributed by atoms with Gasteiger partial charge < -0.3 is 15.8 Å². The number of carbonyl (C=O) groups excluding carboxylic acids is 1. The second-order valence-corrected chi connectivity index (χ2v) is 8.90. The maximum atomic E-state index is 12.7. The van der Waals surface area contributed by atoms with Crippen LogP contribution in [0, 0.1) is 6.92 Å². The van der Waals surface area contributed by atoms with E-state index in [9.17, 15) is 4.79 Å². The van der Waals surface area contributed by atoms with Gasteiger partial charge >= 0.3 is 6.09 Å².